The van der Waals surface area contributed by atoms with Crippen LogP contribution in [0.2, 0.25) is 0 Å². The third kappa shape index (κ3) is 9.10. The number of aliphatic hydroxyl groups excluding tert-OH is 1. The highest BCUT2D eigenvalue weighted by atomic mass is 32.2. The van der Waals surface area contributed by atoms with Gasteiger partial charge in [-0.25, -0.2) is 0 Å². The molecule has 182 valence electrons. The molecule has 0 aromatic heterocycles. The maximum atomic E-state index is 12.4. The summed E-state index contributed by atoms with van der Waals surface area (Å²) in [6.45, 7) is 10.7. The minimum Gasteiger partial charge on any atom is -0.507 e. The van der Waals surface area contributed by atoms with Crippen LogP contribution in [0.3, 0.4) is 0 Å². The second-order valence-electron chi connectivity index (χ2n) is 8.64. The number of hydrogen-bond acceptors (Lipinski definition) is 7. The molecule has 0 saturated carbocycles. The number of phenols is 1. The third-order valence-corrected chi connectivity index (χ3v) is 5.71. The van der Waals surface area contributed by atoms with Crippen molar-refractivity contribution in [1.82, 2.24) is 0 Å². The van der Waals surface area contributed by atoms with Crippen molar-refractivity contribution in [2.24, 2.45) is 5.41 Å². The van der Waals surface area contributed by atoms with Gasteiger partial charge in [0.15, 0.2) is 5.78 Å². The van der Waals surface area contributed by atoms with Gasteiger partial charge in [-0.05, 0) is 37.5 Å². The number of phenolic OH excluding ortho intramolecular Hbond substituents is 1. The predicted octanol–water partition coefficient (Wildman–Crippen LogP) is 5.24. The molecule has 2 N–H and O–H groups in total. The van der Waals surface area contributed by atoms with Crippen molar-refractivity contribution < 1.29 is 29.3 Å². The van der Waals surface area contributed by atoms with Crippen LogP contribution in [0.5, 0.6) is 17.2 Å². The molecule has 0 spiro atoms. The lowest BCUT2D eigenvalue weighted by Gasteiger charge is -2.18. The first-order valence-corrected chi connectivity index (χ1v) is 12.0. The molecule has 0 fully saturated rings. The number of rotatable bonds is 11. The van der Waals surface area contributed by atoms with Crippen molar-refractivity contribution >= 4 is 23.8 Å². The quantitative estimate of drug-likeness (QED) is 0.260. The van der Waals surface area contributed by atoms with E-state index in [1.165, 1.54) is 0 Å². The molecule has 0 heterocycles. The first kappa shape index (κ1) is 28.5. The Labute approximate surface area is 201 Å². The highest BCUT2D eigenvalue weighted by molar-refractivity contribution is 7.99. The minimum absolute atomic E-state index is 0.000674. The van der Waals surface area contributed by atoms with E-state index >= 15 is 0 Å². The molecule has 0 unspecified atom stereocenters. The van der Waals surface area contributed by atoms with E-state index in [4.69, 9.17) is 14.6 Å². The van der Waals surface area contributed by atoms with Crippen LogP contribution in [0.15, 0.2) is 30.3 Å². The van der Waals surface area contributed by atoms with Crippen LogP contribution in [-0.4, -0.2) is 54.1 Å². The molecule has 0 radical (unpaired) electrons. The SMILES string of the molecule is CO.Cc1c(C=O)cccc1OCCSCCOc1ccc(C(=O)CC(C)(C)C)c(O)c1C. The number of carbonyl (C=O) groups is 2. The Morgan fingerprint density at radius 1 is 0.970 bits per heavy atom. The Hall–Kier alpha value is -2.51. The summed E-state index contributed by atoms with van der Waals surface area (Å²) in [5.74, 6) is 2.81. The fourth-order valence-corrected chi connectivity index (χ4v) is 3.69. The molecular formula is C26H36O6S. The molecule has 0 aliphatic rings. The van der Waals surface area contributed by atoms with E-state index in [-0.39, 0.29) is 16.9 Å². The van der Waals surface area contributed by atoms with Crippen LogP contribution in [0.25, 0.3) is 0 Å². The van der Waals surface area contributed by atoms with Crippen LogP contribution in [0.4, 0.5) is 0 Å². The van der Waals surface area contributed by atoms with E-state index < -0.39 is 0 Å². The Balaban J connectivity index is 0.00000265. The van der Waals surface area contributed by atoms with E-state index in [1.54, 1.807) is 36.9 Å². The minimum atomic E-state index is -0.135. The molecule has 0 aliphatic carbocycles. The third-order valence-electron chi connectivity index (χ3n) is 4.80. The molecule has 6 nitrogen and oxygen atoms in total. The van der Waals surface area contributed by atoms with Gasteiger partial charge in [-0.1, -0.05) is 32.9 Å². The standard InChI is InChI=1S/C25H32O5S.CH4O/c1-17-19(16-26)7-6-8-22(17)29-11-13-31-14-12-30-23-10-9-20(24(28)18(23)2)21(27)15-25(3,4)5;1-2/h6-10,16,28H,11-15H2,1-5H3;2H,1H3. The largest absolute Gasteiger partial charge is 0.507 e. The van der Waals surface area contributed by atoms with Gasteiger partial charge in [-0.2, -0.15) is 11.8 Å². The van der Waals surface area contributed by atoms with E-state index in [9.17, 15) is 14.7 Å². The van der Waals surface area contributed by atoms with E-state index in [0.717, 1.165) is 36.2 Å². The lowest BCUT2D eigenvalue weighted by molar-refractivity contribution is 0.0936. The Kier molecular flexibility index (Phi) is 12.0. The average Bonchev–Trinajstić information content (AvgIpc) is 2.77. The predicted molar refractivity (Wildman–Crippen MR) is 134 cm³/mol. The summed E-state index contributed by atoms with van der Waals surface area (Å²) < 4.78 is 11.6. The zero-order valence-corrected chi connectivity index (χ0v) is 21.3. The maximum Gasteiger partial charge on any atom is 0.167 e. The van der Waals surface area contributed by atoms with Crippen molar-refractivity contribution in [1.29, 1.82) is 0 Å². The van der Waals surface area contributed by atoms with Gasteiger partial charge < -0.3 is 19.7 Å². The monoisotopic (exact) mass is 476 g/mol. The smallest absolute Gasteiger partial charge is 0.167 e. The van der Waals surface area contributed by atoms with E-state index in [0.29, 0.717) is 42.1 Å². The number of Topliss-reactive ketones (excluding diaryl/α,β-unsaturated/α-hetero) is 1. The van der Waals surface area contributed by atoms with Gasteiger partial charge >= 0.3 is 0 Å². The molecule has 7 heteroatoms. The molecule has 2 aromatic carbocycles. The van der Waals surface area contributed by atoms with Gasteiger partial charge in [0.05, 0.1) is 18.8 Å². The molecule has 0 bridgehead atoms. The fourth-order valence-electron chi connectivity index (χ4n) is 3.08. The van der Waals surface area contributed by atoms with E-state index in [1.807, 2.05) is 39.8 Å². The molecule has 33 heavy (non-hydrogen) atoms. The zero-order chi connectivity index (χ0) is 25.0. The second-order valence-corrected chi connectivity index (χ2v) is 9.87. The summed E-state index contributed by atoms with van der Waals surface area (Å²) in [4.78, 5) is 23.4. The summed E-state index contributed by atoms with van der Waals surface area (Å²) in [6.07, 6.45) is 1.21. The first-order valence-electron chi connectivity index (χ1n) is 10.8. The summed E-state index contributed by atoms with van der Waals surface area (Å²) >= 11 is 1.70. The Bertz CT molecular complexity index is 918. The summed E-state index contributed by atoms with van der Waals surface area (Å²) in [6, 6.07) is 8.84. The average molecular weight is 477 g/mol. The molecule has 0 aliphatic heterocycles. The van der Waals surface area contributed by atoms with Gasteiger partial charge in [0.1, 0.15) is 23.5 Å². The molecule has 0 saturated heterocycles. The molecular weight excluding hydrogens is 440 g/mol. The number of aliphatic hydroxyl groups is 1. The molecule has 2 rings (SSSR count). The summed E-state index contributed by atoms with van der Waals surface area (Å²) in [5, 5.41) is 17.4. The highest BCUT2D eigenvalue weighted by Crippen LogP contribution is 2.33. The molecule has 0 amide bonds. The van der Waals surface area contributed by atoms with Crippen molar-refractivity contribution in [3.05, 3.63) is 52.6 Å². The normalized spacial score (nSPS) is 10.8. The lowest BCUT2D eigenvalue weighted by Crippen LogP contribution is -2.13. The summed E-state index contributed by atoms with van der Waals surface area (Å²) in [7, 11) is 1.00. The van der Waals surface area contributed by atoms with Crippen molar-refractivity contribution in [2.75, 3.05) is 31.8 Å². The van der Waals surface area contributed by atoms with Gasteiger partial charge in [-0.15, -0.1) is 0 Å². The first-order chi connectivity index (χ1) is 15.6. The zero-order valence-electron chi connectivity index (χ0n) is 20.4. The second kappa shape index (κ2) is 13.9. The molecule has 2 aromatic rings. The number of aldehydes is 1. The lowest BCUT2D eigenvalue weighted by atomic mass is 9.87. The van der Waals surface area contributed by atoms with Gasteiger partial charge in [0.25, 0.3) is 0 Å². The number of carbonyl (C=O) groups excluding carboxylic acids is 2. The highest BCUT2D eigenvalue weighted by Gasteiger charge is 2.21. The van der Waals surface area contributed by atoms with Crippen molar-refractivity contribution in [2.45, 2.75) is 41.0 Å². The Morgan fingerprint density at radius 3 is 2.09 bits per heavy atom. The van der Waals surface area contributed by atoms with Crippen LogP contribution >= 0.6 is 11.8 Å². The van der Waals surface area contributed by atoms with Gasteiger partial charge in [0.2, 0.25) is 0 Å². The van der Waals surface area contributed by atoms with Crippen LogP contribution in [-0.2, 0) is 0 Å². The number of aromatic hydroxyl groups is 1. The van der Waals surface area contributed by atoms with Gasteiger partial charge in [0, 0.05) is 41.7 Å². The topological polar surface area (TPSA) is 93.1 Å². The number of hydrogen-bond donors (Lipinski definition) is 2. The maximum absolute atomic E-state index is 12.4. The van der Waals surface area contributed by atoms with Crippen molar-refractivity contribution in [3.63, 3.8) is 0 Å². The van der Waals surface area contributed by atoms with Crippen LogP contribution in [0, 0.1) is 19.3 Å². The van der Waals surface area contributed by atoms with Crippen molar-refractivity contribution in [3.8, 4) is 17.2 Å². The van der Waals surface area contributed by atoms with Crippen LogP contribution in [0.1, 0.15) is 59.0 Å². The summed E-state index contributed by atoms with van der Waals surface area (Å²) in [5.41, 5.74) is 2.29. The van der Waals surface area contributed by atoms with E-state index in [2.05, 4.69) is 0 Å². The van der Waals surface area contributed by atoms with Crippen LogP contribution < -0.4 is 9.47 Å². The van der Waals surface area contributed by atoms with Gasteiger partial charge in [-0.3, -0.25) is 9.59 Å². The molecule has 0 atom stereocenters. The fraction of sp³-hybridized carbons (Fsp3) is 0.462. The Morgan fingerprint density at radius 2 is 1.55 bits per heavy atom. The number of ketones is 1. The number of benzene rings is 2. The number of ether oxygens (including phenoxy) is 2. The number of thioether (sulfide) groups is 1.